The second-order valence-electron chi connectivity index (χ2n) is 9.24. The zero-order valence-corrected chi connectivity index (χ0v) is 20.3. The van der Waals surface area contributed by atoms with E-state index in [1.807, 2.05) is 54.6 Å². The summed E-state index contributed by atoms with van der Waals surface area (Å²) < 4.78 is 7.67. The molecular formula is C28H28ClN3O2. The van der Waals surface area contributed by atoms with E-state index in [0.29, 0.717) is 29.4 Å². The summed E-state index contributed by atoms with van der Waals surface area (Å²) in [5.41, 5.74) is 4.42. The number of hydrogen-bond donors (Lipinski definition) is 1. The predicted octanol–water partition coefficient (Wildman–Crippen LogP) is 6.71. The maximum absolute atomic E-state index is 12.8. The Morgan fingerprint density at radius 3 is 2.53 bits per heavy atom. The molecule has 1 N–H and O–H groups in total. The van der Waals surface area contributed by atoms with Crippen LogP contribution in [0.15, 0.2) is 85.2 Å². The lowest BCUT2D eigenvalue weighted by Crippen LogP contribution is -2.12. The van der Waals surface area contributed by atoms with Gasteiger partial charge in [-0.2, -0.15) is 5.10 Å². The summed E-state index contributed by atoms with van der Waals surface area (Å²) in [6.45, 7) is 7.46. The summed E-state index contributed by atoms with van der Waals surface area (Å²) in [5, 5.41) is 7.92. The van der Waals surface area contributed by atoms with Crippen LogP contribution in [0.3, 0.4) is 0 Å². The number of carbonyl (C=O) groups excluding carboxylic acids is 1. The van der Waals surface area contributed by atoms with Gasteiger partial charge in [-0.15, -0.1) is 0 Å². The van der Waals surface area contributed by atoms with E-state index in [9.17, 15) is 4.79 Å². The average molecular weight is 474 g/mol. The lowest BCUT2D eigenvalue weighted by Gasteiger charge is -2.19. The molecule has 5 nitrogen and oxygen atoms in total. The molecule has 0 unspecified atom stereocenters. The molecular weight excluding hydrogens is 446 g/mol. The summed E-state index contributed by atoms with van der Waals surface area (Å²) >= 11 is 6.23. The summed E-state index contributed by atoms with van der Waals surface area (Å²) in [6, 6.07) is 23.2. The highest BCUT2D eigenvalue weighted by Gasteiger charge is 2.13. The fourth-order valence-electron chi connectivity index (χ4n) is 3.54. The molecule has 0 aliphatic heterocycles. The van der Waals surface area contributed by atoms with Crippen LogP contribution in [-0.2, 0) is 18.6 Å². The van der Waals surface area contributed by atoms with E-state index in [-0.39, 0.29) is 11.3 Å². The molecule has 0 aliphatic carbocycles. The molecule has 3 aromatic carbocycles. The molecule has 0 radical (unpaired) electrons. The molecule has 4 aromatic rings. The summed E-state index contributed by atoms with van der Waals surface area (Å²) in [5.74, 6) is 0.600. The van der Waals surface area contributed by atoms with Crippen molar-refractivity contribution in [3.05, 3.63) is 112 Å². The number of anilines is 1. The molecule has 0 fully saturated rings. The number of halogens is 1. The first-order valence-electron chi connectivity index (χ1n) is 11.2. The smallest absolute Gasteiger partial charge is 0.255 e. The van der Waals surface area contributed by atoms with E-state index in [2.05, 4.69) is 43.3 Å². The number of hydrogen-bond acceptors (Lipinski definition) is 3. The SMILES string of the molecule is CC(C)(C)c1ccc(OCc2cccc(C(=O)Nc3cnn(Cc4ccccc4Cl)c3)c2)cc1. The van der Waals surface area contributed by atoms with Gasteiger partial charge in [-0.3, -0.25) is 9.48 Å². The second-order valence-corrected chi connectivity index (χ2v) is 9.64. The van der Waals surface area contributed by atoms with Crippen molar-refractivity contribution in [1.82, 2.24) is 9.78 Å². The molecule has 0 saturated carbocycles. The topological polar surface area (TPSA) is 56.1 Å². The molecule has 0 atom stereocenters. The lowest BCUT2D eigenvalue weighted by atomic mass is 9.87. The van der Waals surface area contributed by atoms with Gasteiger partial charge in [0.1, 0.15) is 12.4 Å². The van der Waals surface area contributed by atoms with Gasteiger partial charge < -0.3 is 10.1 Å². The van der Waals surface area contributed by atoms with E-state index in [4.69, 9.17) is 16.3 Å². The van der Waals surface area contributed by atoms with Crippen LogP contribution >= 0.6 is 11.6 Å². The summed E-state index contributed by atoms with van der Waals surface area (Å²) in [7, 11) is 0. The number of benzene rings is 3. The van der Waals surface area contributed by atoms with Crippen LogP contribution in [0, 0.1) is 0 Å². The van der Waals surface area contributed by atoms with Gasteiger partial charge in [-0.05, 0) is 52.4 Å². The Labute approximate surface area is 205 Å². The van der Waals surface area contributed by atoms with Gasteiger partial charge in [-0.25, -0.2) is 0 Å². The van der Waals surface area contributed by atoms with Crippen LogP contribution in [0.2, 0.25) is 5.02 Å². The van der Waals surface area contributed by atoms with Gasteiger partial charge in [0.25, 0.3) is 5.91 Å². The molecule has 0 bridgehead atoms. The molecule has 6 heteroatoms. The number of carbonyl (C=O) groups is 1. The fraction of sp³-hybridized carbons (Fsp3) is 0.214. The molecule has 1 aromatic heterocycles. The van der Waals surface area contributed by atoms with E-state index in [1.54, 1.807) is 23.1 Å². The Morgan fingerprint density at radius 1 is 1.03 bits per heavy atom. The minimum atomic E-state index is -0.200. The third-order valence-corrected chi connectivity index (χ3v) is 5.87. The maximum atomic E-state index is 12.8. The van der Waals surface area contributed by atoms with E-state index >= 15 is 0 Å². The zero-order chi connectivity index (χ0) is 24.1. The van der Waals surface area contributed by atoms with Crippen molar-refractivity contribution in [3.8, 4) is 5.75 Å². The Kier molecular flexibility index (Phi) is 7.03. The Morgan fingerprint density at radius 2 is 1.79 bits per heavy atom. The van der Waals surface area contributed by atoms with Gasteiger partial charge in [0.05, 0.1) is 18.4 Å². The van der Waals surface area contributed by atoms with Crippen LogP contribution in [0.1, 0.15) is 47.8 Å². The second kappa shape index (κ2) is 10.1. The molecule has 174 valence electrons. The molecule has 0 aliphatic rings. The standard InChI is InChI=1S/C28H28ClN3O2/c1-28(2,3)23-11-13-25(14-12-23)34-19-20-7-6-9-21(15-20)27(33)31-24-16-30-32(18-24)17-22-8-4-5-10-26(22)29/h4-16,18H,17,19H2,1-3H3,(H,31,33). The highest BCUT2D eigenvalue weighted by atomic mass is 35.5. The molecule has 4 rings (SSSR count). The van der Waals surface area contributed by atoms with Crippen molar-refractivity contribution in [2.75, 3.05) is 5.32 Å². The lowest BCUT2D eigenvalue weighted by molar-refractivity contribution is 0.102. The largest absolute Gasteiger partial charge is 0.489 e. The highest BCUT2D eigenvalue weighted by Crippen LogP contribution is 2.25. The van der Waals surface area contributed by atoms with Crippen LogP contribution < -0.4 is 10.1 Å². The highest BCUT2D eigenvalue weighted by molar-refractivity contribution is 6.31. The van der Waals surface area contributed by atoms with Crippen LogP contribution in [0.5, 0.6) is 5.75 Å². The summed E-state index contributed by atoms with van der Waals surface area (Å²) in [6.07, 6.45) is 3.42. The molecule has 0 spiro atoms. The van der Waals surface area contributed by atoms with E-state index < -0.39 is 0 Å². The molecule has 34 heavy (non-hydrogen) atoms. The molecule has 0 saturated heterocycles. The third-order valence-electron chi connectivity index (χ3n) is 5.50. The van der Waals surface area contributed by atoms with Gasteiger partial charge in [0.2, 0.25) is 0 Å². The van der Waals surface area contributed by atoms with Crippen molar-refractivity contribution >= 4 is 23.2 Å². The summed E-state index contributed by atoms with van der Waals surface area (Å²) in [4.78, 5) is 12.8. The van der Waals surface area contributed by atoms with Crippen LogP contribution in [0.25, 0.3) is 0 Å². The Bertz CT molecular complexity index is 1270. The minimum Gasteiger partial charge on any atom is -0.489 e. The first-order valence-corrected chi connectivity index (χ1v) is 11.6. The fourth-order valence-corrected chi connectivity index (χ4v) is 3.73. The zero-order valence-electron chi connectivity index (χ0n) is 19.6. The first kappa shape index (κ1) is 23.6. The normalized spacial score (nSPS) is 11.3. The van der Waals surface area contributed by atoms with Crippen molar-refractivity contribution in [2.45, 2.75) is 39.3 Å². The van der Waals surface area contributed by atoms with E-state index in [1.165, 1.54) is 5.56 Å². The number of rotatable bonds is 7. The number of nitrogens with zero attached hydrogens (tertiary/aromatic N) is 2. The molecule has 1 heterocycles. The number of aromatic nitrogens is 2. The average Bonchev–Trinajstić information content (AvgIpc) is 3.26. The van der Waals surface area contributed by atoms with Crippen molar-refractivity contribution < 1.29 is 9.53 Å². The minimum absolute atomic E-state index is 0.102. The number of amides is 1. The third kappa shape index (κ3) is 6.06. The quantitative estimate of drug-likeness (QED) is 0.324. The van der Waals surface area contributed by atoms with Crippen LogP contribution in [0.4, 0.5) is 5.69 Å². The number of ether oxygens (including phenoxy) is 1. The Balaban J connectivity index is 1.36. The van der Waals surface area contributed by atoms with Crippen molar-refractivity contribution in [3.63, 3.8) is 0 Å². The van der Waals surface area contributed by atoms with Crippen LogP contribution in [-0.4, -0.2) is 15.7 Å². The first-order chi connectivity index (χ1) is 16.3. The van der Waals surface area contributed by atoms with Crippen molar-refractivity contribution in [2.24, 2.45) is 0 Å². The monoisotopic (exact) mass is 473 g/mol. The van der Waals surface area contributed by atoms with E-state index in [0.717, 1.165) is 16.9 Å². The van der Waals surface area contributed by atoms with Gasteiger partial charge in [0, 0.05) is 16.8 Å². The van der Waals surface area contributed by atoms with Gasteiger partial charge in [-0.1, -0.05) is 74.8 Å². The predicted molar refractivity (Wildman–Crippen MR) is 137 cm³/mol. The van der Waals surface area contributed by atoms with Gasteiger partial charge >= 0.3 is 0 Å². The Hall–Kier alpha value is -3.57. The maximum Gasteiger partial charge on any atom is 0.255 e. The van der Waals surface area contributed by atoms with Crippen molar-refractivity contribution in [1.29, 1.82) is 0 Å². The van der Waals surface area contributed by atoms with Gasteiger partial charge in [0.15, 0.2) is 0 Å². The number of nitrogens with one attached hydrogen (secondary N) is 1. The molecule has 1 amide bonds.